The van der Waals surface area contributed by atoms with Crippen molar-refractivity contribution in [3.05, 3.63) is 23.8 Å². The number of nitrogens with two attached hydrogens (primary N) is 1. The molecule has 1 aromatic rings. The van der Waals surface area contributed by atoms with Gasteiger partial charge >= 0.3 is 0 Å². The molecule has 0 aromatic heterocycles. The Morgan fingerprint density at radius 2 is 2.25 bits per heavy atom. The summed E-state index contributed by atoms with van der Waals surface area (Å²) in [6, 6.07) is 5.25. The zero-order valence-electron chi connectivity index (χ0n) is 11.9. The number of ether oxygens (including phenoxy) is 1. The maximum atomic E-state index is 11.7. The summed E-state index contributed by atoms with van der Waals surface area (Å²) in [4.78, 5) is 11.7. The Morgan fingerprint density at radius 1 is 1.45 bits per heavy atom. The van der Waals surface area contributed by atoms with Crippen molar-refractivity contribution in [2.75, 3.05) is 37.9 Å². The average Bonchev–Trinajstić information content (AvgIpc) is 3.26. The van der Waals surface area contributed by atoms with Gasteiger partial charge in [0, 0.05) is 38.2 Å². The van der Waals surface area contributed by atoms with Crippen LogP contribution < -0.4 is 16.4 Å². The maximum absolute atomic E-state index is 11.7. The summed E-state index contributed by atoms with van der Waals surface area (Å²) in [5, 5.41) is 5.88. The van der Waals surface area contributed by atoms with Gasteiger partial charge in [-0.1, -0.05) is 0 Å². The highest BCUT2D eigenvalue weighted by Gasteiger charge is 2.20. The maximum Gasteiger partial charge on any atom is 0.253 e. The Kier molecular flexibility index (Phi) is 5.24. The fraction of sp³-hybridized carbons (Fsp3) is 0.533. The van der Waals surface area contributed by atoms with E-state index in [0.29, 0.717) is 11.3 Å². The fourth-order valence-electron chi connectivity index (χ4n) is 1.97. The molecule has 0 saturated heterocycles. The highest BCUT2D eigenvalue weighted by molar-refractivity contribution is 6.00. The number of anilines is 2. The molecule has 1 amide bonds. The van der Waals surface area contributed by atoms with Gasteiger partial charge in [-0.15, -0.1) is 0 Å². The van der Waals surface area contributed by atoms with Crippen LogP contribution in [0.25, 0.3) is 0 Å². The van der Waals surface area contributed by atoms with Gasteiger partial charge in [0.05, 0.1) is 5.56 Å². The van der Waals surface area contributed by atoms with Gasteiger partial charge in [-0.05, 0) is 43.4 Å². The summed E-state index contributed by atoms with van der Waals surface area (Å²) in [6.45, 7) is 2.40. The zero-order chi connectivity index (χ0) is 14.4. The Hall–Kier alpha value is -1.75. The second kappa shape index (κ2) is 7.14. The SMILES string of the molecule is CNC(=O)c1ccc(N)cc1NCCCOCC1CC1. The minimum absolute atomic E-state index is 0.113. The number of carbonyl (C=O) groups is 1. The first kappa shape index (κ1) is 14.7. The van der Waals surface area contributed by atoms with E-state index >= 15 is 0 Å². The van der Waals surface area contributed by atoms with E-state index in [1.165, 1.54) is 12.8 Å². The van der Waals surface area contributed by atoms with Crippen molar-refractivity contribution in [2.45, 2.75) is 19.3 Å². The molecule has 0 spiro atoms. The lowest BCUT2D eigenvalue weighted by molar-refractivity contribution is 0.0964. The van der Waals surface area contributed by atoms with Crippen LogP contribution in [0.2, 0.25) is 0 Å². The molecule has 0 atom stereocenters. The quantitative estimate of drug-likeness (QED) is 0.501. The first-order valence-corrected chi connectivity index (χ1v) is 7.14. The van der Waals surface area contributed by atoms with Crippen LogP contribution >= 0.6 is 0 Å². The van der Waals surface area contributed by atoms with Crippen molar-refractivity contribution in [1.82, 2.24) is 5.32 Å². The van der Waals surface area contributed by atoms with Gasteiger partial charge in [0.2, 0.25) is 0 Å². The first-order valence-electron chi connectivity index (χ1n) is 7.14. The average molecular weight is 277 g/mol. The number of hydrogen-bond donors (Lipinski definition) is 3. The van der Waals surface area contributed by atoms with Gasteiger partial charge in [-0.25, -0.2) is 0 Å². The number of carbonyl (C=O) groups excluding carboxylic acids is 1. The van der Waals surface area contributed by atoms with Gasteiger partial charge in [0.25, 0.3) is 5.91 Å². The summed E-state index contributed by atoms with van der Waals surface area (Å²) in [7, 11) is 1.62. The van der Waals surface area contributed by atoms with Gasteiger partial charge in [-0.3, -0.25) is 4.79 Å². The van der Waals surface area contributed by atoms with Crippen molar-refractivity contribution in [2.24, 2.45) is 5.92 Å². The Labute approximate surface area is 119 Å². The van der Waals surface area contributed by atoms with E-state index in [2.05, 4.69) is 10.6 Å². The second-order valence-electron chi connectivity index (χ2n) is 5.18. The van der Waals surface area contributed by atoms with Crippen molar-refractivity contribution in [1.29, 1.82) is 0 Å². The van der Waals surface area contributed by atoms with Crippen LogP contribution in [0, 0.1) is 5.92 Å². The molecule has 0 heterocycles. The van der Waals surface area contributed by atoms with E-state index < -0.39 is 0 Å². The van der Waals surface area contributed by atoms with Crippen molar-refractivity contribution < 1.29 is 9.53 Å². The van der Waals surface area contributed by atoms with E-state index in [9.17, 15) is 4.79 Å². The summed E-state index contributed by atoms with van der Waals surface area (Å²) in [5.74, 6) is 0.689. The monoisotopic (exact) mass is 277 g/mol. The van der Waals surface area contributed by atoms with Crippen LogP contribution in [-0.4, -0.2) is 32.7 Å². The normalized spacial score (nSPS) is 14.1. The van der Waals surface area contributed by atoms with E-state index in [0.717, 1.165) is 37.8 Å². The highest BCUT2D eigenvalue weighted by Crippen LogP contribution is 2.28. The van der Waals surface area contributed by atoms with Gasteiger partial charge < -0.3 is 21.1 Å². The Balaban J connectivity index is 1.77. The number of rotatable bonds is 8. The van der Waals surface area contributed by atoms with Gasteiger partial charge in [0.1, 0.15) is 0 Å². The molecule has 1 fully saturated rings. The molecular formula is C15H23N3O2. The third-order valence-corrected chi connectivity index (χ3v) is 3.35. The third kappa shape index (κ3) is 4.42. The highest BCUT2D eigenvalue weighted by atomic mass is 16.5. The predicted molar refractivity (Wildman–Crippen MR) is 80.9 cm³/mol. The van der Waals surface area contributed by atoms with Gasteiger partial charge in [-0.2, -0.15) is 0 Å². The molecule has 0 aliphatic heterocycles. The zero-order valence-corrected chi connectivity index (χ0v) is 11.9. The van der Waals surface area contributed by atoms with Gasteiger partial charge in [0.15, 0.2) is 0 Å². The summed E-state index contributed by atoms with van der Waals surface area (Å²) < 4.78 is 5.57. The first-order chi connectivity index (χ1) is 9.70. The molecule has 20 heavy (non-hydrogen) atoms. The molecular weight excluding hydrogens is 254 g/mol. The molecule has 5 heteroatoms. The molecule has 1 aliphatic carbocycles. The number of amides is 1. The fourth-order valence-corrected chi connectivity index (χ4v) is 1.97. The topological polar surface area (TPSA) is 76.4 Å². The van der Waals surface area contributed by atoms with Crippen LogP contribution in [0.15, 0.2) is 18.2 Å². The number of benzene rings is 1. The lowest BCUT2D eigenvalue weighted by atomic mass is 10.1. The predicted octanol–water partition coefficient (Wildman–Crippen LogP) is 1.86. The summed E-state index contributed by atoms with van der Waals surface area (Å²) in [5.41, 5.74) is 7.79. The number of nitrogen functional groups attached to an aromatic ring is 1. The molecule has 1 aromatic carbocycles. The van der Waals surface area contributed by atoms with Crippen molar-refractivity contribution >= 4 is 17.3 Å². The smallest absolute Gasteiger partial charge is 0.253 e. The minimum Gasteiger partial charge on any atom is -0.399 e. The molecule has 0 radical (unpaired) electrons. The van der Waals surface area contributed by atoms with Crippen LogP contribution in [-0.2, 0) is 4.74 Å². The Morgan fingerprint density at radius 3 is 2.95 bits per heavy atom. The standard InChI is InChI=1S/C15H23N3O2/c1-17-15(19)13-6-5-12(16)9-14(13)18-7-2-8-20-10-11-3-4-11/h5-6,9,11,18H,2-4,7-8,10,16H2,1H3,(H,17,19). The van der Waals surface area contributed by atoms with E-state index in [1.54, 1.807) is 25.2 Å². The molecule has 0 unspecified atom stereocenters. The van der Waals surface area contributed by atoms with Crippen molar-refractivity contribution in [3.63, 3.8) is 0 Å². The summed E-state index contributed by atoms with van der Waals surface area (Å²) in [6.07, 6.45) is 3.54. The number of hydrogen-bond acceptors (Lipinski definition) is 4. The van der Waals surface area contributed by atoms with Crippen LogP contribution in [0.5, 0.6) is 0 Å². The number of nitrogens with one attached hydrogen (secondary N) is 2. The lowest BCUT2D eigenvalue weighted by Crippen LogP contribution is -2.20. The second-order valence-corrected chi connectivity index (χ2v) is 5.18. The lowest BCUT2D eigenvalue weighted by Gasteiger charge is -2.12. The molecule has 5 nitrogen and oxygen atoms in total. The molecule has 4 N–H and O–H groups in total. The molecule has 1 saturated carbocycles. The molecule has 2 rings (SSSR count). The molecule has 110 valence electrons. The molecule has 1 aliphatic rings. The largest absolute Gasteiger partial charge is 0.399 e. The Bertz CT molecular complexity index is 458. The minimum atomic E-state index is -0.113. The van der Waals surface area contributed by atoms with E-state index in [-0.39, 0.29) is 5.91 Å². The van der Waals surface area contributed by atoms with Crippen LogP contribution in [0.3, 0.4) is 0 Å². The van der Waals surface area contributed by atoms with E-state index in [1.807, 2.05) is 0 Å². The van der Waals surface area contributed by atoms with E-state index in [4.69, 9.17) is 10.5 Å². The van der Waals surface area contributed by atoms with Crippen LogP contribution in [0.4, 0.5) is 11.4 Å². The molecule has 0 bridgehead atoms. The third-order valence-electron chi connectivity index (χ3n) is 3.35. The summed E-state index contributed by atoms with van der Waals surface area (Å²) >= 11 is 0. The van der Waals surface area contributed by atoms with Crippen molar-refractivity contribution in [3.8, 4) is 0 Å². The van der Waals surface area contributed by atoms with Crippen LogP contribution in [0.1, 0.15) is 29.6 Å².